The van der Waals surface area contributed by atoms with Crippen molar-refractivity contribution in [3.05, 3.63) is 17.5 Å². The lowest BCUT2D eigenvalue weighted by Crippen LogP contribution is -2.44. The third-order valence-corrected chi connectivity index (χ3v) is 3.55. The number of likely N-dealkylation sites (N-methyl/N-ethyl adjacent to an activating group) is 1. The number of hydrogen-bond acceptors (Lipinski definition) is 6. The Hall–Kier alpha value is -2.60. The van der Waals surface area contributed by atoms with Gasteiger partial charge in [-0.15, -0.1) is 0 Å². The summed E-state index contributed by atoms with van der Waals surface area (Å²) in [4.78, 5) is 31.0. The molecule has 0 saturated carbocycles. The molecule has 1 aliphatic heterocycles. The van der Waals surface area contributed by atoms with Gasteiger partial charge in [0.1, 0.15) is 11.4 Å². The maximum Gasteiger partial charge on any atom is 0.290 e. The van der Waals surface area contributed by atoms with E-state index in [0.717, 1.165) is 19.2 Å². The van der Waals surface area contributed by atoms with Crippen LogP contribution in [0.4, 0.5) is 8.78 Å². The summed E-state index contributed by atoms with van der Waals surface area (Å²) in [5.74, 6) is -0.467. The van der Waals surface area contributed by atoms with Gasteiger partial charge in [0.2, 0.25) is 0 Å². The Morgan fingerprint density at radius 1 is 1.41 bits per heavy atom. The minimum absolute atomic E-state index is 0.0319. The average Bonchev–Trinajstić information content (AvgIpc) is 3.24. The molecule has 1 aliphatic rings. The SMILES string of the molecule is CCO[C@H]1CN(CC)C[C@@H]1NC(=O)c1cc(C(F)F)[nH]n1.O=CO.O=CO. The maximum absolute atomic E-state index is 12.5. The van der Waals surface area contributed by atoms with Gasteiger partial charge >= 0.3 is 0 Å². The van der Waals surface area contributed by atoms with Crippen LogP contribution in [0.1, 0.15) is 36.5 Å². The van der Waals surface area contributed by atoms with Crippen LogP contribution < -0.4 is 5.32 Å². The Morgan fingerprint density at radius 3 is 2.44 bits per heavy atom. The van der Waals surface area contributed by atoms with E-state index in [1.54, 1.807) is 0 Å². The minimum atomic E-state index is -2.67. The molecule has 154 valence electrons. The van der Waals surface area contributed by atoms with Gasteiger partial charge in [-0.1, -0.05) is 6.92 Å². The topological polar surface area (TPSA) is 145 Å². The van der Waals surface area contributed by atoms with E-state index in [9.17, 15) is 13.6 Å². The van der Waals surface area contributed by atoms with Gasteiger partial charge in [-0.25, -0.2) is 8.78 Å². The fourth-order valence-corrected chi connectivity index (χ4v) is 2.44. The number of alkyl halides is 2. The second kappa shape index (κ2) is 13.6. The van der Waals surface area contributed by atoms with Gasteiger partial charge < -0.3 is 20.3 Å². The highest BCUT2D eigenvalue weighted by Gasteiger charge is 2.34. The number of likely N-dealkylation sites (tertiary alicyclic amines) is 1. The van der Waals surface area contributed by atoms with Crippen LogP contribution in [0.3, 0.4) is 0 Å². The summed E-state index contributed by atoms with van der Waals surface area (Å²) in [6.45, 7) is 6.30. The molecule has 1 fully saturated rings. The van der Waals surface area contributed by atoms with Crippen LogP contribution in [0.2, 0.25) is 0 Å². The number of hydrogen-bond donors (Lipinski definition) is 4. The van der Waals surface area contributed by atoms with E-state index in [0.29, 0.717) is 13.2 Å². The van der Waals surface area contributed by atoms with Gasteiger partial charge in [-0.2, -0.15) is 5.10 Å². The first-order valence-electron chi connectivity index (χ1n) is 8.02. The van der Waals surface area contributed by atoms with E-state index >= 15 is 0 Å². The van der Waals surface area contributed by atoms with Crippen molar-refractivity contribution in [3.8, 4) is 0 Å². The normalized spacial score (nSPS) is 18.7. The number of aromatic amines is 1. The third kappa shape index (κ3) is 8.55. The molecular weight excluding hydrogens is 370 g/mol. The summed E-state index contributed by atoms with van der Waals surface area (Å²) >= 11 is 0. The number of halogens is 2. The van der Waals surface area contributed by atoms with Gasteiger partial charge in [-0.3, -0.25) is 24.4 Å². The highest BCUT2D eigenvalue weighted by Crippen LogP contribution is 2.17. The van der Waals surface area contributed by atoms with Crippen LogP contribution >= 0.6 is 0 Å². The van der Waals surface area contributed by atoms with Gasteiger partial charge in [0.15, 0.2) is 0 Å². The van der Waals surface area contributed by atoms with Crippen LogP contribution in [0, 0.1) is 0 Å². The standard InChI is InChI=1S/C13H20F2N4O2.2CH2O2/c1-3-19-6-10(11(7-19)21-4-2)16-13(20)9-5-8(12(14)15)17-18-9;2*2-1-3/h5,10-12H,3-4,6-7H2,1-2H3,(H,16,20)(H,17,18);2*1H,(H,2,3)/t10-,11-;;/m0../s1. The zero-order valence-electron chi connectivity index (χ0n) is 15.0. The predicted octanol–water partition coefficient (Wildman–Crippen LogP) is 0.588. The fraction of sp³-hybridized carbons (Fsp3) is 0.600. The molecule has 2 heterocycles. The smallest absolute Gasteiger partial charge is 0.290 e. The molecule has 10 nitrogen and oxygen atoms in total. The largest absolute Gasteiger partial charge is 0.483 e. The maximum atomic E-state index is 12.5. The minimum Gasteiger partial charge on any atom is -0.483 e. The Bertz CT molecular complexity index is 566. The van der Waals surface area contributed by atoms with Crippen molar-refractivity contribution >= 4 is 18.9 Å². The molecule has 0 radical (unpaired) electrons. The third-order valence-electron chi connectivity index (χ3n) is 3.55. The first-order chi connectivity index (χ1) is 12.9. The van der Waals surface area contributed by atoms with Crippen molar-refractivity contribution in [2.75, 3.05) is 26.2 Å². The van der Waals surface area contributed by atoms with Gasteiger partial charge in [-0.05, 0) is 19.5 Å². The summed E-state index contributed by atoms with van der Waals surface area (Å²) < 4.78 is 30.6. The van der Waals surface area contributed by atoms with Crippen molar-refractivity contribution < 1.29 is 38.1 Å². The quantitative estimate of drug-likeness (QED) is 0.513. The molecule has 27 heavy (non-hydrogen) atoms. The van der Waals surface area contributed by atoms with Gasteiger partial charge in [0, 0.05) is 19.7 Å². The van der Waals surface area contributed by atoms with Crippen molar-refractivity contribution in [1.82, 2.24) is 20.4 Å². The van der Waals surface area contributed by atoms with Crippen LogP contribution in [-0.2, 0) is 14.3 Å². The lowest BCUT2D eigenvalue weighted by Gasteiger charge is -2.19. The molecule has 4 N–H and O–H groups in total. The van der Waals surface area contributed by atoms with E-state index in [2.05, 4.69) is 20.4 Å². The first-order valence-corrected chi connectivity index (χ1v) is 8.02. The Kier molecular flexibility index (Phi) is 12.3. The summed E-state index contributed by atoms with van der Waals surface area (Å²) in [6, 6.07) is 0.909. The number of carboxylic acid groups (broad SMARTS) is 2. The number of nitrogens with one attached hydrogen (secondary N) is 2. The van der Waals surface area contributed by atoms with Crippen LogP contribution in [0.25, 0.3) is 0 Å². The van der Waals surface area contributed by atoms with Crippen LogP contribution in [0.15, 0.2) is 6.07 Å². The van der Waals surface area contributed by atoms with Crippen molar-refractivity contribution in [2.24, 2.45) is 0 Å². The molecule has 1 aromatic heterocycles. The molecule has 1 amide bonds. The Balaban J connectivity index is 0.000000997. The van der Waals surface area contributed by atoms with E-state index in [1.807, 2.05) is 13.8 Å². The number of carbonyl (C=O) groups is 3. The Labute approximate surface area is 154 Å². The van der Waals surface area contributed by atoms with Crippen LogP contribution in [-0.4, -0.2) is 82.5 Å². The molecule has 0 spiro atoms. The van der Waals surface area contributed by atoms with Crippen LogP contribution in [0.5, 0.6) is 0 Å². The zero-order chi connectivity index (χ0) is 20.8. The lowest BCUT2D eigenvalue weighted by molar-refractivity contribution is -0.123. The van der Waals surface area contributed by atoms with Crippen molar-refractivity contribution in [2.45, 2.75) is 32.4 Å². The monoisotopic (exact) mass is 394 g/mol. The highest BCUT2D eigenvalue weighted by atomic mass is 19.3. The van der Waals surface area contributed by atoms with E-state index in [-0.39, 0.29) is 36.5 Å². The number of rotatable bonds is 6. The molecular formula is C15H24F2N4O6. The van der Waals surface area contributed by atoms with Crippen molar-refractivity contribution in [1.29, 1.82) is 0 Å². The summed E-state index contributed by atoms with van der Waals surface area (Å²) in [5.41, 5.74) is -0.390. The molecule has 1 saturated heterocycles. The number of nitrogens with zero attached hydrogens (tertiary/aromatic N) is 2. The van der Waals surface area contributed by atoms with E-state index < -0.39 is 12.3 Å². The number of amides is 1. The second-order valence-electron chi connectivity index (χ2n) is 5.15. The molecule has 0 aliphatic carbocycles. The zero-order valence-corrected chi connectivity index (χ0v) is 15.0. The molecule has 0 aromatic carbocycles. The molecule has 2 rings (SSSR count). The number of carbonyl (C=O) groups excluding carboxylic acids is 1. The van der Waals surface area contributed by atoms with E-state index in [1.165, 1.54) is 0 Å². The predicted molar refractivity (Wildman–Crippen MR) is 89.7 cm³/mol. The van der Waals surface area contributed by atoms with Gasteiger partial charge in [0.25, 0.3) is 25.3 Å². The molecule has 1 aromatic rings. The average molecular weight is 394 g/mol. The molecule has 0 unspecified atom stereocenters. The molecule has 0 bridgehead atoms. The number of aromatic nitrogens is 2. The molecule has 2 atom stereocenters. The first kappa shape index (κ1) is 24.4. The Morgan fingerprint density at radius 2 is 2.00 bits per heavy atom. The molecule has 12 heteroatoms. The summed E-state index contributed by atoms with van der Waals surface area (Å²) in [6.07, 6.45) is -2.76. The van der Waals surface area contributed by atoms with Crippen molar-refractivity contribution in [3.63, 3.8) is 0 Å². The summed E-state index contributed by atoms with van der Waals surface area (Å²) in [7, 11) is 0. The second-order valence-corrected chi connectivity index (χ2v) is 5.15. The fourth-order valence-electron chi connectivity index (χ4n) is 2.44. The highest BCUT2D eigenvalue weighted by molar-refractivity contribution is 5.92. The van der Waals surface area contributed by atoms with E-state index in [4.69, 9.17) is 24.5 Å². The number of ether oxygens (including phenoxy) is 1. The lowest BCUT2D eigenvalue weighted by atomic mass is 10.2. The summed E-state index contributed by atoms with van der Waals surface area (Å²) in [5, 5.41) is 22.4. The van der Waals surface area contributed by atoms with Gasteiger partial charge in [0.05, 0.1) is 12.1 Å². The number of H-pyrrole nitrogens is 1.